The number of fused-ring (bicyclic) bond motifs is 1. The second kappa shape index (κ2) is 7.10. The predicted octanol–water partition coefficient (Wildman–Crippen LogP) is 0.345. The normalized spacial score (nSPS) is 26.1. The summed E-state index contributed by atoms with van der Waals surface area (Å²) >= 11 is 0. The first-order valence-electron chi connectivity index (χ1n) is 6.78. The fourth-order valence-electron chi connectivity index (χ4n) is 2.88. The van der Waals surface area contributed by atoms with E-state index in [9.17, 15) is 9.59 Å². The van der Waals surface area contributed by atoms with Crippen LogP contribution in [0.2, 0.25) is 0 Å². The topological polar surface area (TPSA) is 52.7 Å². The van der Waals surface area contributed by atoms with Crippen molar-refractivity contribution in [2.24, 2.45) is 11.8 Å². The molecule has 5 nitrogen and oxygen atoms in total. The molecular weight excluding hydrogens is 266 g/mol. The van der Waals surface area contributed by atoms with Crippen molar-refractivity contribution in [3.05, 3.63) is 0 Å². The molecule has 0 radical (unpaired) electrons. The van der Waals surface area contributed by atoms with Crippen molar-refractivity contribution < 1.29 is 9.59 Å². The Bertz CT molecular complexity index is 324. The van der Waals surface area contributed by atoms with E-state index in [0.717, 1.165) is 50.9 Å². The summed E-state index contributed by atoms with van der Waals surface area (Å²) in [5, 5.41) is 3.43. The largest absolute Gasteiger partial charge is 0.341 e. The zero-order valence-corrected chi connectivity index (χ0v) is 12.5. The van der Waals surface area contributed by atoms with E-state index >= 15 is 0 Å². The standard InChI is InChI=1S/C13H23N3O2.ClH/c1-10(17)15(2)9-13(18)16-5-3-11-7-14-8-12(11)4-6-16;/h11-12,14H,3-9H2,1-2H3;1H/t11-,12+;. The quantitative estimate of drug-likeness (QED) is 0.798. The van der Waals surface area contributed by atoms with Gasteiger partial charge in [-0.25, -0.2) is 0 Å². The Morgan fingerprint density at radius 1 is 1.21 bits per heavy atom. The lowest BCUT2D eigenvalue weighted by Gasteiger charge is -2.24. The zero-order valence-electron chi connectivity index (χ0n) is 11.7. The number of amides is 2. The maximum Gasteiger partial charge on any atom is 0.242 e. The number of hydrogen-bond donors (Lipinski definition) is 1. The van der Waals surface area contributed by atoms with Crippen LogP contribution in [0.3, 0.4) is 0 Å². The van der Waals surface area contributed by atoms with Crippen molar-refractivity contribution in [1.82, 2.24) is 15.1 Å². The third kappa shape index (κ3) is 4.08. The Labute approximate surface area is 121 Å². The van der Waals surface area contributed by atoms with Gasteiger partial charge in [-0.1, -0.05) is 0 Å². The van der Waals surface area contributed by atoms with Crippen molar-refractivity contribution >= 4 is 24.2 Å². The molecule has 110 valence electrons. The van der Waals surface area contributed by atoms with E-state index in [4.69, 9.17) is 0 Å². The molecule has 2 aliphatic heterocycles. The van der Waals surface area contributed by atoms with Gasteiger partial charge in [0.25, 0.3) is 0 Å². The van der Waals surface area contributed by atoms with E-state index in [1.165, 1.54) is 11.8 Å². The molecule has 2 saturated heterocycles. The predicted molar refractivity (Wildman–Crippen MR) is 76.2 cm³/mol. The third-order valence-electron chi connectivity index (χ3n) is 4.28. The van der Waals surface area contributed by atoms with Gasteiger partial charge in [0.2, 0.25) is 11.8 Å². The molecular formula is C13H24ClN3O2. The Hall–Kier alpha value is -0.810. The molecule has 0 aromatic rings. The summed E-state index contributed by atoms with van der Waals surface area (Å²) in [6, 6.07) is 0. The first-order chi connectivity index (χ1) is 8.58. The molecule has 0 aliphatic carbocycles. The number of nitrogens with zero attached hydrogens (tertiary/aromatic N) is 2. The van der Waals surface area contributed by atoms with Crippen molar-refractivity contribution in [2.45, 2.75) is 19.8 Å². The van der Waals surface area contributed by atoms with Crippen molar-refractivity contribution in [3.8, 4) is 0 Å². The molecule has 2 rings (SSSR count). The summed E-state index contributed by atoms with van der Waals surface area (Å²) < 4.78 is 0. The summed E-state index contributed by atoms with van der Waals surface area (Å²) in [5.74, 6) is 1.49. The maximum atomic E-state index is 12.1. The van der Waals surface area contributed by atoms with Gasteiger partial charge in [0.1, 0.15) is 0 Å². The molecule has 6 heteroatoms. The first-order valence-corrected chi connectivity index (χ1v) is 6.78. The van der Waals surface area contributed by atoms with Crippen LogP contribution >= 0.6 is 12.4 Å². The molecule has 19 heavy (non-hydrogen) atoms. The minimum Gasteiger partial charge on any atom is -0.341 e. The van der Waals surface area contributed by atoms with Crippen molar-refractivity contribution in [2.75, 3.05) is 39.8 Å². The van der Waals surface area contributed by atoms with Crippen LogP contribution in [-0.4, -0.2) is 61.4 Å². The number of carbonyl (C=O) groups excluding carboxylic acids is 2. The summed E-state index contributed by atoms with van der Waals surface area (Å²) in [7, 11) is 1.68. The average molecular weight is 290 g/mol. The van der Waals surface area contributed by atoms with Crippen LogP contribution in [0, 0.1) is 11.8 Å². The van der Waals surface area contributed by atoms with Gasteiger partial charge in [-0.05, 0) is 37.8 Å². The highest BCUT2D eigenvalue weighted by Crippen LogP contribution is 2.27. The molecule has 1 N–H and O–H groups in total. The lowest BCUT2D eigenvalue weighted by Crippen LogP contribution is -2.41. The number of nitrogens with one attached hydrogen (secondary N) is 1. The second-order valence-electron chi connectivity index (χ2n) is 5.51. The second-order valence-corrected chi connectivity index (χ2v) is 5.51. The summed E-state index contributed by atoms with van der Waals surface area (Å²) in [5.41, 5.74) is 0. The molecule has 0 aromatic carbocycles. The minimum atomic E-state index is -0.0563. The Balaban J connectivity index is 0.00000180. The monoisotopic (exact) mass is 289 g/mol. The Morgan fingerprint density at radius 3 is 2.21 bits per heavy atom. The molecule has 2 fully saturated rings. The first kappa shape index (κ1) is 16.2. The van der Waals surface area contributed by atoms with Gasteiger partial charge in [0, 0.05) is 27.1 Å². The van der Waals surface area contributed by atoms with Crippen LogP contribution in [0.1, 0.15) is 19.8 Å². The Kier molecular flexibility index (Phi) is 6.07. The number of halogens is 1. The lowest BCUT2D eigenvalue weighted by molar-refractivity contribution is -0.138. The minimum absolute atomic E-state index is 0. The van der Waals surface area contributed by atoms with Gasteiger partial charge < -0.3 is 15.1 Å². The van der Waals surface area contributed by atoms with Gasteiger partial charge in [0.05, 0.1) is 6.54 Å². The van der Waals surface area contributed by atoms with Gasteiger partial charge >= 0.3 is 0 Å². The van der Waals surface area contributed by atoms with Crippen molar-refractivity contribution in [1.29, 1.82) is 0 Å². The SMILES string of the molecule is CC(=O)N(C)CC(=O)N1CC[C@@H]2CNC[C@@H]2CC1.Cl. The molecule has 0 saturated carbocycles. The average Bonchev–Trinajstić information content (AvgIpc) is 2.67. The van der Waals surface area contributed by atoms with E-state index in [-0.39, 0.29) is 30.8 Å². The molecule has 2 atom stereocenters. The molecule has 0 unspecified atom stereocenters. The number of likely N-dealkylation sites (N-methyl/N-ethyl adjacent to an activating group) is 1. The summed E-state index contributed by atoms with van der Waals surface area (Å²) in [4.78, 5) is 26.6. The molecule has 0 aromatic heterocycles. The fourth-order valence-corrected chi connectivity index (χ4v) is 2.88. The van der Waals surface area contributed by atoms with E-state index in [0.29, 0.717) is 0 Å². The number of rotatable bonds is 2. The molecule has 2 heterocycles. The summed E-state index contributed by atoms with van der Waals surface area (Å²) in [6.45, 7) is 5.58. The highest BCUT2D eigenvalue weighted by molar-refractivity contribution is 5.85. The van der Waals surface area contributed by atoms with Crippen LogP contribution < -0.4 is 5.32 Å². The van der Waals surface area contributed by atoms with E-state index < -0.39 is 0 Å². The van der Waals surface area contributed by atoms with Crippen molar-refractivity contribution in [3.63, 3.8) is 0 Å². The molecule has 0 bridgehead atoms. The zero-order chi connectivity index (χ0) is 13.1. The van der Waals surface area contributed by atoms with Gasteiger partial charge in [0.15, 0.2) is 0 Å². The smallest absolute Gasteiger partial charge is 0.242 e. The van der Waals surface area contributed by atoms with E-state index in [2.05, 4.69) is 5.32 Å². The third-order valence-corrected chi connectivity index (χ3v) is 4.28. The fraction of sp³-hybridized carbons (Fsp3) is 0.846. The highest BCUT2D eigenvalue weighted by Gasteiger charge is 2.31. The number of carbonyl (C=O) groups is 2. The maximum absolute atomic E-state index is 12.1. The van der Waals surface area contributed by atoms with Crippen LogP contribution in [0.4, 0.5) is 0 Å². The van der Waals surface area contributed by atoms with E-state index in [1.807, 2.05) is 4.90 Å². The van der Waals surface area contributed by atoms with Gasteiger partial charge in [-0.15, -0.1) is 12.4 Å². The van der Waals surface area contributed by atoms with Crippen LogP contribution in [0.5, 0.6) is 0 Å². The number of hydrogen-bond acceptors (Lipinski definition) is 3. The van der Waals surface area contributed by atoms with Crippen LogP contribution in [0.25, 0.3) is 0 Å². The lowest BCUT2D eigenvalue weighted by atomic mass is 9.92. The van der Waals surface area contributed by atoms with Crippen LogP contribution in [0.15, 0.2) is 0 Å². The summed E-state index contributed by atoms with van der Waals surface area (Å²) in [6.07, 6.45) is 2.18. The van der Waals surface area contributed by atoms with Crippen LogP contribution in [-0.2, 0) is 9.59 Å². The highest BCUT2D eigenvalue weighted by atomic mass is 35.5. The van der Waals surface area contributed by atoms with Gasteiger partial charge in [-0.3, -0.25) is 9.59 Å². The molecule has 2 amide bonds. The number of likely N-dealkylation sites (tertiary alicyclic amines) is 1. The van der Waals surface area contributed by atoms with Gasteiger partial charge in [-0.2, -0.15) is 0 Å². The molecule has 0 spiro atoms. The van der Waals surface area contributed by atoms with E-state index in [1.54, 1.807) is 7.05 Å². The Morgan fingerprint density at radius 2 is 1.74 bits per heavy atom. The molecule has 2 aliphatic rings.